The quantitative estimate of drug-likeness (QED) is 0.906. The first-order valence-electron chi connectivity index (χ1n) is 6.87. The fraction of sp³-hybridized carbons (Fsp3) is 0.375. The van der Waals surface area contributed by atoms with E-state index in [-0.39, 0.29) is 18.5 Å². The van der Waals surface area contributed by atoms with E-state index in [1.165, 1.54) is 16.7 Å². The van der Waals surface area contributed by atoms with Gasteiger partial charge in [-0.05, 0) is 38.8 Å². The highest BCUT2D eigenvalue weighted by Gasteiger charge is 2.09. The van der Waals surface area contributed by atoms with Crippen molar-refractivity contribution in [3.63, 3.8) is 0 Å². The van der Waals surface area contributed by atoms with Crippen LogP contribution in [0.15, 0.2) is 36.7 Å². The van der Waals surface area contributed by atoms with Gasteiger partial charge in [0.1, 0.15) is 6.54 Å². The third-order valence-electron chi connectivity index (χ3n) is 3.10. The molecule has 106 valence electrons. The number of aromatic nitrogens is 2. The van der Waals surface area contributed by atoms with Gasteiger partial charge < -0.3 is 5.32 Å². The average molecular weight is 271 g/mol. The van der Waals surface area contributed by atoms with E-state index in [0.29, 0.717) is 0 Å². The highest BCUT2D eigenvalue weighted by atomic mass is 16.2. The van der Waals surface area contributed by atoms with Crippen LogP contribution in [-0.4, -0.2) is 21.7 Å². The molecule has 4 heteroatoms. The van der Waals surface area contributed by atoms with Crippen molar-refractivity contribution >= 4 is 5.91 Å². The molecule has 0 aliphatic rings. The van der Waals surface area contributed by atoms with Crippen LogP contribution in [0.5, 0.6) is 0 Å². The van der Waals surface area contributed by atoms with Crippen molar-refractivity contribution in [1.82, 2.24) is 15.1 Å². The average Bonchev–Trinajstić information content (AvgIpc) is 2.79. The zero-order valence-corrected chi connectivity index (χ0v) is 12.3. The van der Waals surface area contributed by atoms with Crippen LogP contribution in [0.2, 0.25) is 0 Å². The number of carbonyl (C=O) groups is 1. The number of carbonyl (C=O) groups excluding carboxylic acids is 1. The molecule has 0 radical (unpaired) electrons. The van der Waals surface area contributed by atoms with Crippen molar-refractivity contribution in [2.24, 2.45) is 0 Å². The van der Waals surface area contributed by atoms with Gasteiger partial charge in [0, 0.05) is 18.4 Å². The lowest BCUT2D eigenvalue weighted by Gasteiger charge is -2.15. The van der Waals surface area contributed by atoms with E-state index in [4.69, 9.17) is 0 Å². The molecule has 0 saturated heterocycles. The Labute approximate surface area is 119 Å². The Balaban J connectivity index is 1.88. The first-order valence-corrected chi connectivity index (χ1v) is 6.87. The predicted octanol–water partition coefficient (Wildman–Crippen LogP) is 2.25. The molecule has 0 aliphatic carbocycles. The van der Waals surface area contributed by atoms with Crippen LogP contribution in [0.3, 0.4) is 0 Å². The maximum Gasteiger partial charge on any atom is 0.241 e. The van der Waals surface area contributed by atoms with Gasteiger partial charge in [-0.2, -0.15) is 5.10 Å². The summed E-state index contributed by atoms with van der Waals surface area (Å²) >= 11 is 0. The summed E-state index contributed by atoms with van der Waals surface area (Å²) < 4.78 is 1.62. The fourth-order valence-electron chi connectivity index (χ4n) is 2.45. The van der Waals surface area contributed by atoms with Crippen LogP contribution in [0.1, 0.15) is 23.6 Å². The van der Waals surface area contributed by atoms with Gasteiger partial charge in [0.25, 0.3) is 0 Å². The molecule has 1 aromatic carbocycles. The van der Waals surface area contributed by atoms with Crippen molar-refractivity contribution in [2.75, 3.05) is 0 Å². The van der Waals surface area contributed by atoms with E-state index < -0.39 is 0 Å². The van der Waals surface area contributed by atoms with E-state index >= 15 is 0 Å². The maximum atomic E-state index is 11.9. The molecule has 0 bridgehead atoms. The highest BCUT2D eigenvalue weighted by Crippen LogP contribution is 2.10. The topological polar surface area (TPSA) is 46.9 Å². The Morgan fingerprint density at radius 2 is 2.00 bits per heavy atom. The second-order valence-electron chi connectivity index (χ2n) is 5.37. The van der Waals surface area contributed by atoms with Gasteiger partial charge in [-0.15, -0.1) is 0 Å². The van der Waals surface area contributed by atoms with E-state index in [0.717, 1.165) is 6.42 Å². The fourth-order valence-corrected chi connectivity index (χ4v) is 2.45. The number of nitrogens with one attached hydrogen (secondary N) is 1. The Bertz CT molecular complexity index is 555. The molecule has 2 rings (SSSR count). The standard InChI is InChI=1S/C16H21N3O/c1-12-7-13(2)9-15(8-12)10-14(3)18-16(20)11-19-6-4-5-17-19/h4-9,14H,10-11H2,1-3H3,(H,18,20)/t14-/m1/s1. The summed E-state index contributed by atoms with van der Waals surface area (Å²) in [4.78, 5) is 11.9. The molecule has 1 amide bonds. The van der Waals surface area contributed by atoms with E-state index in [1.807, 2.05) is 13.0 Å². The number of hydrogen-bond donors (Lipinski definition) is 1. The summed E-state index contributed by atoms with van der Waals surface area (Å²) in [7, 11) is 0. The molecule has 1 atom stereocenters. The number of amides is 1. The molecule has 1 heterocycles. The minimum absolute atomic E-state index is 0.00873. The van der Waals surface area contributed by atoms with Crippen LogP contribution in [0.25, 0.3) is 0 Å². The molecule has 0 fully saturated rings. The summed E-state index contributed by atoms with van der Waals surface area (Å²) in [6.07, 6.45) is 4.30. The first kappa shape index (κ1) is 14.3. The SMILES string of the molecule is Cc1cc(C)cc(C[C@@H](C)NC(=O)Cn2cccn2)c1. The Morgan fingerprint density at radius 3 is 2.60 bits per heavy atom. The third kappa shape index (κ3) is 4.23. The van der Waals surface area contributed by atoms with Crippen molar-refractivity contribution in [3.05, 3.63) is 53.3 Å². The zero-order valence-electron chi connectivity index (χ0n) is 12.3. The second kappa shape index (κ2) is 6.37. The van der Waals surface area contributed by atoms with Crippen LogP contribution < -0.4 is 5.32 Å². The van der Waals surface area contributed by atoms with E-state index in [2.05, 4.69) is 42.5 Å². The van der Waals surface area contributed by atoms with Crippen molar-refractivity contribution in [1.29, 1.82) is 0 Å². The molecule has 2 aromatic rings. The summed E-state index contributed by atoms with van der Waals surface area (Å²) in [6, 6.07) is 8.42. The van der Waals surface area contributed by atoms with E-state index in [1.54, 1.807) is 17.1 Å². The van der Waals surface area contributed by atoms with Gasteiger partial charge in [0.2, 0.25) is 5.91 Å². The summed E-state index contributed by atoms with van der Waals surface area (Å²) in [5.74, 6) is -0.00873. The number of nitrogens with zero attached hydrogens (tertiary/aromatic N) is 2. The molecule has 1 N–H and O–H groups in total. The molecule has 20 heavy (non-hydrogen) atoms. The Kier molecular flexibility index (Phi) is 4.56. The van der Waals surface area contributed by atoms with Gasteiger partial charge in [-0.3, -0.25) is 9.48 Å². The van der Waals surface area contributed by atoms with Crippen LogP contribution >= 0.6 is 0 Å². The first-order chi connectivity index (χ1) is 9.52. The van der Waals surface area contributed by atoms with Crippen LogP contribution in [0.4, 0.5) is 0 Å². The molecule has 0 unspecified atom stereocenters. The number of rotatable bonds is 5. The van der Waals surface area contributed by atoms with Crippen molar-refractivity contribution in [3.8, 4) is 0 Å². The van der Waals surface area contributed by atoms with Gasteiger partial charge in [0.05, 0.1) is 0 Å². The number of benzene rings is 1. The van der Waals surface area contributed by atoms with Gasteiger partial charge in [-0.1, -0.05) is 29.3 Å². The molecular formula is C16H21N3O. The lowest BCUT2D eigenvalue weighted by atomic mass is 10.0. The summed E-state index contributed by atoms with van der Waals surface area (Å²) in [6.45, 7) is 6.48. The highest BCUT2D eigenvalue weighted by molar-refractivity contribution is 5.75. The smallest absolute Gasteiger partial charge is 0.241 e. The molecule has 4 nitrogen and oxygen atoms in total. The number of aryl methyl sites for hydroxylation is 2. The van der Waals surface area contributed by atoms with Crippen LogP contribution in [-0.2, 0) is 17.8 Å². The van der Waals surface area contributed by atoms with Crippen molar-refractivity contribution < 1.29 is 4.79 Å². The summed E-state index contributed by atoms with van der Waals surface area (Å²) in [5, 5.41) is 7.03. The molecular weight excluding hydrogens is 250 g/mol. The van der Waals surface area contributed by atoms with Gasteiger partial charge in [-0.25, -0.2) is 0 Å². The van der Waals surface area contributed by atoms with Gasteiger partial charge >= 0.3 is 0 Å². The Morgan fingerprint density at radius 1 is 1.30 bits per heavy atom. The minimum Gasteiger partial charge on any atom is -0.352 e. The maximum absolute atomic E-state index is 11.9. The lowest BCUT2D eigenvalue weighted by molar-refractivity contribution is -0.122. The zero-order chi connectivity index (χ0) is 14.5. The van der Waals surface area contributed by atoms with E-state index in [9.17, 15) is 4.79 Å². The largest absolute Gasteiger partial charge is 0.352 e. The van der Waals surface area contributed by atoms with Crippen molar-refractivity contribution in [2.45, 2.75) is 39.8 Å². The predicted molar refractivity (Wildman–Crippen MR) is 79.5 cm³/mol. The molecule has 0 saturated carbocycles. The third-order valence-corrected chi connectivity index (χ3v) is 3.10. The molecule has 1 aromatic heterocycles. The summed E-state index contributed by atoms with van der Waals surface area (Å²) in [5.41, 5.74) is 3.78. The van der Waals surface area contributed by atoms with Gasteiger partial charge in [0.15, 0.2) is 0 Å². The monoisotopic (exact) mass is 271 g/mol. The molecule has 0 aliphatic heterocycles. The minimum atomic E-state index is -0.00873. The lowest BCUT2D eigenvalue weighted by Crippen LogP contribution is -2.36. The molecule has 0 spiro atoms. The number of hydrogen-bond acceptors (Lipinski definition) is 2. The Hall–Kier alpha value is -2.10. The normalized spacial score (nSPS) is 12.2. The second-order valence-corrected chi connectivity index (χ2v) is 5.37. The van der Waals surface area contributed by atoms with Crippen LogP contribution in [0, 0.1) is 13.8 Å².